The minimum absolute atomic E-state index is 0.331. The van der Waals surface area contributed by atoms with Crippen LogP contribution in [0.3, 0.4) is 0 Å². The molecule has 2 saturated heterocycles. The van der Waals surface area contributed by atoms with Crippen molar-refractivity contribution in [2.45, 2.75) is 38.0 Å². The number of hydrogen-bond donors (Lipinski definition) is 0. The summed E-state index contributed by atoms with van der Waals surface area (Å²) < 4.78 is 0. The van der Waals surface area contributed by atoms with Gasteiger partial charge in [0.1, 0.15) is 0 Å². The largest absolute Gasteiger partial charge is 0.302 e. The molecule has 16 heavy (non-hydrogen) atoms. The maximum absolute atomic E-state index is 4.47. The summed E-state index contributed by atoms with van der Waals surface area (Å²) in [5, 5.41) is 8.78. The molecule has 2 fully saturated rings. The van der Waals surface area contributed by atoms with Crippen molar-refractivity contribution >= 4 is 0 Å². The van der Waals surface area contributed by atoms with Crippen LogP contribution in [0.5, 0.6) is 0 Å². The minimum atomic E-state index is 0.331. The second-order valence-electron chi connectivity index (χ2n) is 5.17. The van der Waals surface area contributed by atoms with Crippen LogP contribution in [0.2, 0.25) is 0 Å². The molecule has 1 aromatic heterocycles. The van der Waals surface area contributed by atoms with Gasteiger partial charge in [-0.1, -0.05) is 6.92 Å². The summed E-state index contributed by atoms with van der Waals surface area (Å²) in [5.74, 6) is 0. The quantitative estimate of drug-likeness (QED) is 0.756. The first-order valence-corrected chi connectivity index (χ1v) is 6.38. The van der Waals surface area contributed by atoms with E-state index in [0.29, 0.717) is 5.41 Å². The summed E-state index contributed by atoms with van der Waals surface area (Å²) in [6, 6.07) is 4.36. The van der Waals surface area contributed by atoms with Crippen molar-refractivity contribution in [2.75, 3.05) is 19.6 Å². The fourth-order valence-electron chi connectivity index (χ4n) is 3.16. The van der Waals surface area contributed by atoms with Crippen molar-refractivity contribution in [2.24, 2.45) is 0 Å². The number of hydrogen-bond acceptors (Lipinski definition) is 3. The molecular weight excluding hydrogens is 198 g/mol. The fourth-order valence-corrected chi connectivity index (χ4v) is 3.16. The Bertz CT molecular complexity index is 369. The average molecular weight is 217 g/mol. The van der Waals surface area contributed by atoms with E-state index < -0.39 is 0 Å². The summed E-state index contributed by atoms with van der Waals surface area (Å²) >= 11 is 0. The normalized spacial score (nSPS) is 32.9. The van der Waals surface area contributed by atoms with Crippen LogP contribution >= 0.6 is 0 Å². The zero-order valence-corrected chi connectivity index (χ0v) is 9.95. The SMILES string of the molecule is CCc1ccc([C@@]23CCCN(CC2)C3)nn1. The molecule has 3 nitrogen and oxygen atoms in total. The second kappa shape index (κ2) is 3.81. The van der Waals surface area contributed by atoms with Crippen LogP contribution in [-0.4, -0.2) is 34.7 Å². The standard InChI is InChI=1S/C13H19N3/c1-2-11-4-5-12(15-14-11)13-6-3-8-16(10-13)9-7-13/h4-5H,2-3,6-10H2,1H3/t13-/m0/s1. The number of nitrogens with zero attached hydrogens (tertiary/aromatic N) is 3. The molecule has 2 atom stereocenters. The molecule has 3 rings (SSSR count). The van der Waals surface area contributed by atoms with Crippen LogP contribution in [0, 0.1) is 0 Å². The van der Waals surface area contributed by atoms with Crippen LogP contribution < -0.4 is 0 Å². The molecule has 0 saturated carbocycles. The summed E-state index contributed by atoms with van der Waals surface area (Å²) in [7, 11) is 0. The Kier molecular flexibility index (Phi) is 2.43. The zero-order chi connectivity index (χ0) is 11.0. The predicted octanol–water partition coefficient (Wildman–Crippen LogP) is 1.78. The Morgan fingerprint density at radius 2 is 2.19 bits per heavy atom. The third-order valence-corrected chi connectivity index (χ3v) is 4.19. The molecule has 3 heterocycles. The van der Waals surface area contributed by atoms with Gasteiger partial charge in [0.25, 0.3) is 0 Å². The first-order chi connectivity index (χ1) is 7.82. The average Bonchev–Trinajstić information content (AvgIpc) is 2.66. The van der Waals surface area contributed by atoms with Crippen molar-refractivity contribution in [1.29, 1.82) is 0 Å². The van der Waals surface area contributed by atoms with E-state index in [1.807, 2.05) is 0 Å². The highest BCUT2D eigenvalue weighted by Gasteiger charge is 2.43. The number of fused-ring (bicyclic) bond motifs is 2. The molecule has 0 spiro atoms. The van der Waals surface area contributed by atoms with Crippen LogP contribution in [0.4, 0.5) is 0 Å². The molecule has 86 valence electrons. The van der Waals surface area contributed by atoms with E-state index in [9.17, 15) is 0 Å². The molecule has 0 aromatic carbocycles. The van der Waals surface area contributed by atoms with Gasteiger partial charge in [-0.15, -0.1) is 0 Å². The summed E-state index contributed by atoms with van der Waals surface area (Å²) in [4.78, 5) is 2.57. The molecule has 2 bridgehead atoms. The van der Waals surface area contributed by atoms with E-state index >= 15 is 0 Å². The summed E-state index contributed by atoms with van der Waals surface area (Å²) in [6.07, 6.45) is 4.86. The molecule has 1 aromatic rings. The van der Waals surface area contributed by atoms with Crippen molar-refractivity contribution in [3.05, 3.63) is 23.5 Å². The van der Waals surface area contributed by atoms with Crippen LogP contribution in [0.15, 0.2) is 12.1 Å². The lowest BCUT2D eigenvalue weighted by atomic mass is 9.78. The summed E-state index contributed by atoms with van der Waals surface area (Å²) in [5.41, 5.74) is 2.66. The second-order valence-corrected chi connectivity index (χ2v) is 5.17. The molecule has 0 aliphatic carbocycles. The van der Waals surface area contributed by atoms with E-state index in [4.69, 9.17) is 0 Å². The number of aryl methyl sites for hydroxylation is 1. The van der Waals surface area contributed by atoms with Gasteiger partial charge in [0.15, 0.2) is 0 Å². The van der Waals surface area contributed by atoms with Crippen LogP contribution in [0.25, 0.3) is 0 Å². The number of aromatic nitrogens is 2. The van der Waals surface area contributed by atoms with Crippen LogP contribution in [0.1, 0.15) is 37.6 Å². The van der Waals surface area contributed by atoms with Crippen LogP contribution in [-0.2, 0) is 11.8 Å². The van der Waals surface area contributed by atoms with Crippen molar-refractivity contribution in [1.82, 2.24) is 15.1 Å². The highest BCUT2D eigenvalue weighted by molar-refractivity contribution is 5.21. The minimum Gasteiger partial charge on any atom is -0.302 e. The molecule has 3 heteroatoms. The lowest BCUT2D eigenvalue weighted by molar-refractivity contribution is 0.239. The smallest absolute Gasteiger partial charge is 0.0706 e. The molecule has 0 amide bonds. The van der Waals surface area contributed by atoms with Gasteiger partial charge in [-0.05, 0) is 50.9 Å². The highest BCUT2D eigenvalue weighted by Crippen LogP contribution is 2.40. The number of piperidine rings is 1. The van der Waals surface area contributed by atoms with E-state index in [2.05, 4.69) is 34.2 Å². The first kappa shape index (κ1) is 10.2. The van der Waals surface area contributed by atoms with Gasteiger partial charge in [-0.2, -0.15) is 10.2 Å². The van der Waals surface area contributed by atoms with Gasteiger partial charge in [0, 0.05) is 12.0 Å². The Balaban J connectivity index is 1.90. The van der Waals surface area contributed by atoms with Gasteiger partial charge < -0.3 is 4.90 Å². The maximum Gasteiger partial charge on any atom is 0.0706 e. The van der Waals surface area contributed by atoms with Crippen molar-refractivity contribution in [3.8, 4) is 0 Å². The van der Waals surface area contributed by atoms with Gasteiger partial charge in [0.05, 0.1) is 11.4 Å². The fraction of sp³-hybridized carbons (Fsp3) is 0.692. The Morgan fingerprint density at radius 1 is 1.25 bits per heavy atom. The third kappa shape index (κ3) is 1.54. The van der Waals surface area contributed by atoms with Crippen molar-refractivity contribution in [3.63, 3.8) is 0 Å². The maximum atomic E-state index is 4.47. The van der Waals surface area contributed by atoms with E-state index in [1.54, 1.807) is 0 Å². The molecule has 0 radical (unpaired) electrons. The lowest BCUT2D eigenvalue weighted by Gasteiger charge is -2.33. The third-order valence-electron chi connectivity index (χ3n) is 4.19. The molecular formula is C13H19N3. The molecule has 2 aliphatic rings. The molecule has 1 unspecified atom stereocenters. The van der Waals surface area contributed by atoms with Gasteiger partial charge in [-0.3, -0.25) is 0 Å². The Morgan fingerprint density at radius 3 is 2.94 bits per heavy atom. The van der Waals surface area contributed by atoms with Gasteiger partial charge in [-0.25, -0.2) is 0 Å². The lowest BCUT2D eigenvalue weighted by Crippen LogP contribution is -2.37. The first-order valence-electron chi connectivity index (χ1n) is 6.38. The Labute approximate surface area is 96.9 Å². The van der Waals surface area contributed by atoms with Gasteiger partial charge in [0.2, 0.25) is 0 Å². The molecule has 2 aliphatic heterocycles. The predicted molar refractivity (Wildman–Crippen MR) is 63.4 cm³/mol. The topological polar surface area (TPSA) is 29.0 Å². The van der Waals surface area contributed by atoms with E-state index in [1.165, 1.54) is 44.6 Å². The highest BCUT2D eigenvalue weighted by atomic mass is 15.2. The monoisotopic (exact) mass is 217 g/mol. The zero-order valence-electron chi connectivity index (χ0n) is 9.95. The summed E-state index contributed by atoms with van der Waals surface area (Å²) in [6.45, 7) is 5.85. The molecule has 0 N–H and O–H groups in total. The van der Waals surface area contributed by atoms with E-state index in [-0.39, 0.29) is 0 Å². The Hall–Kier alpha value is -0.960. The number of rotatable bonds is 2. The van der Waals surface area contributed by atoms with Gasteiger partial charge >= 0.3 is 0 Å². The van der Waals surface area contributed by atoms with Crippen molar-refractivity contribution < 1.29 is 0 Å². The van der Waals surface area contributed by atoms with E-state index in [0.717, 1.165) is 12.1 Å².